The number of carbonyl (C=O) groups is 1. The van der Waals surface area contributed by atoms with Crippen molar-refractivity contribution in [2.75, 3.05) is 0 Å². The minimum Gasteiger partial charge on any atom is -0.425 e. The van der Waals surface area contributed by atoms with Crippen LogP contribution in [0.2, 0.25) is 0 Å². The largest absolute Gasteiger partial charge is 0.509 e. The first-order chi connectivity index (χ1) is 17.3. The lowest BCUT2D eigenvalue weighted by molar-refractivity contribution is 0.0316. The highest BCUT2D eigenvalue weighted by atomic mass is 16.8. The number of ether oxygens (including phenoxy) is 2. The van der Waals surface area contributed by atoms with E-state index in [4.69, 9.17) is 9.47 Å². The molecule has 4 aromatic rings. The minimum absolute atomic E-state index is 0.102. The first kappa shape index (κ1) is 22.9. The van der Waals surface area contributed by atoms with Crippen LogP contribution in [0.5, 0.6) is 0 Å². The van der Waals surface area contributed by atoms with Gasteiger partial charge in [-0.05, 0) is 28.7 Å². The average molecular weight is 464 g/mol. The number of nitrogens with zero attached hydrogens (tertiary/aromatic N) is 1. The Balaban J connectivity index is 1.54. The van der Waals surface area contributed by atoms with E-state index in [0.29, 0.717) is 0 Å². The second kappa shape index (κ2) is 11.0. The molecule has 1 saturated heterocycles. The lowest BCUT2D eigenvalue weighted by Gasteiger charge is -2.36. The monoisotopic (exact) mass is 463 g/mol. The third-order valence-electron chi connectivity index (χ3n) is 6.47. The molecule has 3 atom stereocenters. The van der Waals surface area contributed by atoms with E-state index >= 15 is 0 Å². The Kier molecular flexibility index (Phi) is 7.21. The minimum atomic E-state index is -0.610. The molecule has 4 nitrogen and oxygen atoms in total. The van der Waals surface area contributed by atoms with Gasteiger partial charge in [-0.15, -0.1) is 0 Å². The number of rotatable bonds is 9. The molecule has 0 aromatic heterocycles. The first-order valence-electron chi connectivity index (χ1n) is 12.0. The van der Waals surface area contributed by atoms with E-state index in [0.717, 1.165) is 25.1 Å². The van der Waals surface area contributed by atoms with Gasteiger partial charge >= 0.3 is 6.16 Å². The third-order valence-corrected chi connectivity index (χ3v) is 6.47. The van der Waals surface area contributed by atoms with Crippen molar-refractivity contribution in [1.82, 2.24) is 4.90 Å². The highest BCUT2D eigenvalue weighted by molar-refractivity contribution is 5.63. The fraction of sp³-hybridized carbons (Fsp3) is 0.194. The van der Waals surface area contributed by atoms with E-state index < -0.39 is 18.4 Å². The van der Waals surface area contributed by atoms with Crippen LogP contribution in [0, 0.1) is 0 Å². The summed E-state index contributed by atoms with van der Waals surface area (Å²) in [5.41, 5.74) is 4.56. The van der Waals surface area contributed by atoms with Gasteiger partial charge in [0.25, 0.3) is 0 Å². The number of hydrogen-bond acceptors (Lipinski definition) is 4. The summed E-state index contributed by atoms with van der Waals surface area (Å²) in [6, 6.07) is 41.1. The van der Waals surface area contributed by atoms with Crippen LogP contribution in [-0.2, 0) is 29.0 Å². The van der Waals surface area contributed by atoms with Crippen LogP contribution < -0.4 is 0 Å². The highest BCUT2D eigenvalue weighted by Gasteiger charge is 2.45. The molecule has 0 aliphatic carbocycles. The van der Waals surface area contributed by atoms with Crippen LogP contribution in [0.1, 0.15) is 28.4 Å². The van der Waals surface area contributed by atoms with E-state index in [2.05, 4.69) is 77.7 Å². The smallest absolute Gasteiger partial charge is 0.425 e. The SMILES string of the molecule is O=C1O[C@@H]([C@H](Cc2ccccc2)N(Cc2ccccc2)Cc2ccccc2)[C@H](c2ccccc2)O1. The van der Waals surface area contributed by atoms with Crippen LogP contribution in [0.15, 0.2) is 121 Å². The maximum absolute atomic E-state index is 12.5. The second-order valence-corrected chi connectivity index (χ2v) is 8.91. The van der Waals surface area contributed by atoms with Crippen molar-refractivity contribution in [1.29, 1.82) is 0 Å². The summed E-state index contributed by atoms with van der Waals surface area (Å²) in [5, 5.41) is 0. The molecule has 0 radical (unpaired) electrons. The Morgan fingerprint density at radius 3 is 1.57 bits per heavy atom. The second-order valence-electron chi connectivity index (χ2n) is 8.91. The Bertz CT molecular complexity index is 1160. The van der Waals surface area contributed by atoms with Crippen molar-refractivity contribution >= 4 is 6.16 Å². The maximum Gasteiger partial charge on any atom is 0.509 e. The van der Waals surface area contributed by atoms with Gasteiger partial charge in [0.1, 0.15) is 0 Å². The van der Waals surface area contributed by atoms with Crippen LogP contribution in [0.3, 0.4) is 0 Å². The predicted octanol–water partition coefficient (Wildman–Crippen LogP) is 6.58. The lowest BCUT2D eigenvalue weighted by atomic mass is 9.92. The van der Waals surface area contributed by atoms with Crippen molar-refractivity contribution < 1.29 is 14.3 Å². The van der Waals surface area contributed by atoms with Crippen molar-refractivity contribution in [2.45, 2.75) is 37.8 Å². The summed E-state index contributed by atoms with van der Waals surface area (Å²) in [6.07, 6.45) is -0.796. The van der Waals surface area contributed by atoms with Gasteiger partial charge in [-0.3, -0.25) is 4.90 Å². The van der Waals surface area contributed by atoms with Gasteiger partial charge < -0.3 is 9.47 Å². The standard InChI is InChI=1S/C31H29NO3/c33-31-34-29(27-19-11-4-12-20-27)30(35-31)28(21-24-13-5-1-6-14-24)32(22-25-15-7-2-8-16-25)23-26-17-9-3-10-18-26/h1-20,28-30H,21-23H2/t28-,29-,30-/m0/s1. The van der Waals surface area contributed by atoms with Gasteiger partial charge in [-0.2, -0.15) is 0 Å². The van der Waals surface area contributed by atoms with Gasteiger partial charge in [0.05, 0.1) is 6.04 Å². The van der Waals surface area contributed by atoms with E-state index in [1.807, 2.05) is 48.5 Å². The highest BCUT2D eigenvalue weighted by Crippen LogP contribution is 2.36. The summed E-state index contributed by atoms with van der Waals surface area (Å²) in [6.45, 7) is 1.45. The van der Waals surface area contributed by atoms with Crippen molar-refractivity contribution in [3.05, 3.63) is 144 Å². The van der Waals surface area contributed by atoms with Crippen LogP contribution >= 0.6 is 0 Å². The molecular weight excluding hydrogens is 434 g/mol. The van der Waals surface area contributed by atoms with Crippen molar-refractivity contribution in [3.63, 3.8) is 0 Å². The maximum atomic E-state index is 12.5. The summed E-state index contributed by atoms with van der Waals surface area (Å²) in [4.78, 5) is 14.9. The fourth-order valence-corrected chi connectivity index (χ4v) is 4.79. The molecular formula is C31H29NO3. The normalized spacial score (nSPS) is 18.1. The van der Waals surface area contributed by atoms with E-state index in [1.165, 1.54) is 16.7 Å². The lowest BCUT2D eigenvalue weighted by Crippen LogP contribution is -2.46. The molecule has 0 amide bonds. The third kappa shape index (κ3) is 5.79. The van der Waals surface area contributed by atoms with E-state index in [9.17, 15) is 4.79 Å². The first-order valence-corrected chi connectivity index (χ1v) is 12.0. The van der Waals surface area contributed by atoms with Gasteiger partial charge in [0, 0.05) is 13.1 Å². The van der Waals surface area contributed by atoms with Crippen LogP contribution in [-0.4, -0.2) is 23.2 Å². The molecule has 176 valence electrons. The molecule has 0 saturated carbocycles. The molecule has 5 rings (SSSR count). The molecule has 4 aromatic carbocycles. The summed E-state index contributed by atoms with van der Waals surface area (Å²) < 4.78 is 11.7. The number of benzene rings is 4. The van der Waals surface area contributed by atoms with Gasteiger partial charge in [0.15, 0.2) is 12.2 Å². The number of carbonyl (C=O) groups excluding carboxylic acids is 1. The van der Waals surface area contributed by atoms with Crippen LogP contribution in [0.25, 0.3) is 0 Å². The van der Waals surface area contributed by atoms with Gasteiger partial charge in [0.2, 0.25) is 0 Å². The summed E-state index contributed by atoms with van der Waals surface area (Å²) in [7, 11) is 0. The zero-order chi connectivity index (χ0) is 23.9. The zero-order valence-corrected chi connectivity index (χ0v) is 19.6. The quantitative estimate of drug-likeness (QED) is 0.263. The fourth-order valence-electron chi connectivity index (χ4n) is 4.79. The molecule has 35 heavy (non-hydrogen) atoms. The number of hydrogen-bond donors (Lipinski definition) is 0. The Morgan fingerprint density at radius 1 is 0.600 bits per heavy atom. The van der Waals surface area contributed by atoms with E-state index in [1.54, 1.807) is 0 Å². The Morgan fingerprint density at radius 2 is 1.06 bits per heavy atom. The average Bonchev–Trinajstić information content (AvgIpc) is 3.30. The van der Waals surface area contributed by atoms with Gasteiger partial charge in [-0.25, -0.2) is 4.79 Å². The van der Waals surface area contributed by atoms with Crippen molar-refractivity contribution in [3.8, 4) is 0 Å². The zero-order valence-electron chi connectivity index (χ0n) is 19.6. The molecule has 0 bridgehead atoms. The molecule has 0 spiro atoms. The van der Waals surface area contributed by atoms with Crippen molar-refractivity contribution in [2.24, 2.45) is 0 Å². The summed E-state index contributed by atoms with van der Waals surface area (Å²) >= 11 is 0. The number of cyclic esters (lactones) is 2. The molecule has 1 aliphatic rings. The van der Waals surface area contributed by atoms with E-state index in [-0.39, 0.29) is 6.04 Å². The molecule has 1 fully saturated rings. The molecule has 0 unspecified atom stereocenters. The van der Waals surface area contributed by atoms with Crippen LogP contribution in [0.4, 0.5) is 4.79 Å². The molecule has 0 N–H and O–H groups in total. The molecule has 4 heteroatoms. The topological polar surface area (TPSA) is 38.8 Å². The summed E-state index contributed by atoms with van der Waals surface area (Å²) in [5.74, 6) is 0. The molecule has 1 aliphatic heterocycles. The molecule has 1 heterocycles. The van der Waals surface area contributed by atoms with Gasteiger partial charge in [-0.1, -0.05) is 121 Å². The predicted molar refractivity (Wildman–Crippen MR) is 137 cm³/mol. The Labute approximate surface area is 206 Å². The Hall–Kier alpha value is -3.89.